The number of aryl methyl sites for hydroxylation is 2. The first-order valence-electron chi connectivity index (χ1n) is 6.72. The number of morpholine rings is 1. The Balaban J connectivity index is 2.25. The van der Waals surface area contributed by atoms with Gasteiger partial charge in [-0.1, -0.05) is 0 Å². The van der Waals surface area contributed by atoms with Crippen LogP contribution in [0.3, 0.4) is 0 Å². The zero-order chi connectivity index (χ0) is 14.0. The monoisotopic (exact) mass is 265 g/mol. The molecule has 0 bridgehead atoms. The molecule has 2 heterocycles. The molecule has 1 aromatic heterocycles. The van der Waals surface area contributed by atoms with Crippen molar-refractivity contribution in [2.24, 2.45) is 0 Å². The standard InChI is InChI=1S/C14H23N3O2/c1-9-6-17(7-13(19-9)8-18-5)14-10(2)11(3)15-12(4)16-14/h9,13H,6-8H2,1-5H3. The summed E-state index contributed by atoms with van der Waals surface area (Å²) in [6.07, 6.45) is 0.285. The van der Waals surface area contributed by atoms with Crippen LogP contribution in [-0.2, 0) is 9.47 Å². The Morgan fingerprint density at radius 3 is 2.68 bits per heavy atom. The van der Waals surface area contributed by atoms with Gasteiger partial charge in [-0.3, -0.25) is 0 Å². The van der Waals surface area contributed by atoms with Crippen LogP contribution >= 0.6 is 0 Å². The van der Waals surface area contributed by atoms with Gasteiger partial charge < -0.3 is 14.4 Å². The highest BCUT2D eigenvalue weighted by atomic mass is 16.5. The zero-order valence-corrected chi connectivity index (χ0v) is 12.4. The van der Waals surface area contributed by atoms with Gasteiger partial charge in [-0.25, -0.2) is 9.97 Å². The second-order valence-electron chi connectivity index (χ2n) is 5.23. The second-order valence-corrected chi connectivity index (χ2v) is 5.23. The Hall–Kier alpha value is -1.20. The normalized spacial score (nSPS) is 23.7. The summed E-state index contributed by atoms with van der Waals surface area (Å²) in [5.41, 5.74) is 2.20. The number of methoxy groups -OCH3 is 1. The van der Waals surface area contributed by atoms with Crippen LogP contribution in [0, 0.1) is 20.8 Å². The lowest BCUT2D eigenvalue weighted by atomic mass is 10.1. The van der Waals surface area contributed by atoms with E-state index >= 15 is 0 Å². The average molecular weight is 265 g/mol. The number of anilines is 1. The lowest BCUT2D eigenvalue weighted by Crippen LogP contribution is -2.49. The lowest BCUT2D eigenvalue weighted by Gasteiger charge is -2.38. The molecule has 19 heavy (non-hydrogen) atoms. The quantitative estimate of drug-likeness (QED) is 0.831. The molecule has 1 saturated heterocycles. The Kier molecular flexibility index (Phi) is 4.37. The van der Waals surface area contributed by atoms with E-state index in [1.54, 1.807) is 7.11 Å². The van der Waals surface area contributed by atoms with E-state index in [9.17, 15) is 0 Å². The van der Waals surface area contributed by atoms with Gasteiger partial charge in [-0.2, -0.15) is 0 Å². The first-order chi connectivity index (χ1) is 9.01. The van der Waals surface area contributed by atoms with E-state index in [1.807, 2.05) is 13.8 Å². The van der Waals surface area contributed by atoms with Crippen LogP contribution < -0.4 is 4.90 Å². The number of aromatic nitrogens is 2. The van der Waals surface area contributed by atoms with Crippen molar-refractivity contribution in [3.8, 4) is 0 Å². The molecule has 2 unspecified atom stereocenters. The Bertz CT molecular complexity index is 451. The Labute approximate surface area is 115 Å². The van der Waals surface area contributed by atoms with Gasteiger partial charge in [-0.15, -0.1) is 0 Å². The molecular formula is C14H23N3O2. The summed E-state index contributed by atoms with van der Waals surface area (Å²) in [6, 6.07) is 0. The number of hydrogen-bond acceptors (Lipinski definition) is 5. The van der Waals surface area contributed by atoms with Gasteiger partial charge >= 0.3 is 0 Å². The predicted molar refractivity (Wildman–Crippen MR) is 74.7 cm³/mol. The molecular weight excluding hydrogens is 242 g/mol. The van der Waals surface area contributed by atoms with Crippen molar-refractivity contribution in [3.63, 3.8) is 0 Å². The molecule has 106 valence electrons. The minimum atomic E-state index is 0.101. The molecule has 5 nitrogen and oxygen atoms in total. The largest absolute Gasteiger partial charge is 0.382 e. The molecule has 1 aliphatic rings. The first kappa shape index (κ1) is 14.2. The third kappa shape index (κ3) is 3.22. The number of ether oxygens (including phenoxy) is 2. The molecule has 0 aromatic carbocycles. The van der Waals surface area contributed by atoms with Gasteiger partial charge in [0.2, 0.25) is 0 Å². The van der Waals surface area contributed by atoms with Gasteiger partial charge in [0.05, 0.1) is 18.8 Å². The van der Waals surface area contributed by atoms with Crippen molar-refractivity contribution in [2.45, 2.75) is 39.9 Å². The Morgan fingerprint density at radius 2 is 2.00 bits per heavy atom. The zero-order valence-electron chi connectivity index (χ0n) is 12.4. The van der Waals surface area contributed by atoms with E-state index in [0.717, 1.165) is 36.0 Å². The summed E-state index contributed by atoms with van der Waals surface area (Å²) in [5, 5.41) is 0. The van der Waals surface area contributed by atoms with E-state index in [0.29, 0.717) is 6.61 Å². The summed E-state index contributed by atoms with van der Waals surface area (Å²) in [4.78, 5) is 11.3. The molecule has 0 radical (unpaired) electrons. The van der Waals surface area contributed by atoms with Crippen LogP contribution in [-0.4, -0.2) is 49.0 Å². The Morgan fingerprint density at radius 1 is 1.26 bits per heavy atom. The maximum atomic E-state index is 5.87. The van der Waals surface area contributed by atoms with Crippen LogP contribution in [0.1, 0.15) is 24.0 Å². The van der Waals surface area contributed by atoms with Gasteiger partial charge in [0.25, 0.3) is 0 Å². The highest BCUT2D eigenvalue weighted by Crippen LogP contribution is 2.23. The lowest BCUT2D eigenvalue weighted by molar-refractivity contribution is -0.0513. The minimum Gasteiger partial charge on any atom is -0.382 e. The molecule has 0 aliphatic carbocycles. The average Bonchev–Trinajstić information content (AvgIpc) is 2.33. The minimum absolute atomic E-state index is 0.101. The van der Waals surface area contributed by atoms with Gasteiger partial charge in [0.15, 0.2) is 0 Å². The van der Waals surface area contributed by atoms with E-state index < -0.39 is 0 Å². The fourth-order valence-electron chi connectivity index (χ4n) is 2.55. The number of hydrogen-bond donors (Lipinski definition) is 0. The van der Waals surface area contributed by atoms with E-state index in [1.165, 1.54) is 0 Å². The van der Waals surface area contributed by atoms with Crippen molar-refractivity contribution < 1.29 is 9.47 Å². The molecule has 1 fully saturated rings. The van der Waals surface area contributed by atoms with Crippen LogP contribution in [0.2, 0.25) is 0 Å². The smallest absolute Gasteiger partial charge is 0.135 e. The topological polar surface area (TPSA) is 47.5 Å². The summed E-state index contributed by atoms with van der Waals surface area (Å²) in [5.74, 6) is 1.85. The molecule has 0 amide bonds. The SMILES string of the molecule is COCC1CN(c2nc(C)nc(C)c2C)CC(C)O1. The van der Waals surface area contributed by atoms with Crippen LogP contribution in [0.15, 0.2) is 0 Å². The van der Waals surface area contributed by atoms with Gasteiger partial charge in [0, 0.05) is 31.5 Å². The fourth-order valence-corrected chi connectivity index (χ4v) is 2.55. The molecule has 0 saturated carbocycles. The van der Waals surface area contributed by atoms with Crippen molar-refractivity contribution in [1.82, 2.24) is 9.97 Å². The summed E-state index contributed by atoms with van der Waals surface area (Å²) < 4.78 is 11.1. The molecule has 1 aliphatic heterocycles. The molecule has 0 spiro atoms. The highest BCUT2D eigenvalue weighted by molar-refractivity contribution is 5.48. The molecule has 0 N–H and O–H groups in total. The van der Waals surface area contributed by atoms with Gasteiger partial charge in [-0.05, 0) is 27.7 Å². The van der Waals surface area contributed by atoms with Crippen molar-refractivity contribution in [1.29, 1.82) is 0 Å². The first-order valence-corrected chi connectivity index (χ1v) is 6.72. The molecule has 5 heteroatoms. The number of nitrogens with zero attached hydrogens (tertiary/aromatic N) is 3. The summed E-state index contributed by atoms with van der Waals surface area (Å²) in [6.45, 7) is 10.4. The second kappa shape index (κ2) is 5.84. The highest BCUT2D eigenvalue weighted by Gasteiger charge is 2.27. The van der Waals surface area contributed by atoms with Crippen LogP contribution in [0.5, 0.6) is 0 Å². The third-order valence-electron chi connectivity index (χ3n) is 3.45. The van der Waals surface area contributed by atoms with Crippen LogP contribution in [0.25, 0.3) is 0 Å². The van der Waals surface area contributed by atoms with Crippen LogP contribution in [0.4, 0.5) is 5.82 Å². The fraction of sp³-hybridized carbons (Fsp3) is 0.714. The van der Waals surface area contributed by atoms with Gasteiger partial charge in [0.1, 0.15) is 11.6 Å². The van der Waals surface area contributed by atoms with Crippen molar-refractivity contribution >= 4 is 5.82 Å². The third-order valence-corrected chi connectivity index (χ3v) is 3.45. The maximum absolute atomic E-state index is 5.87. The summed E-state index contributed by atoms with van der Waals surface area (Å²) in [7, 11) is 1.71. The molecule has 2 atom stereocenters. The van der Waals surface area contributed by atoms with Crippen molar-refractivity contribution in [2.75, 3.05) is 31.7 Å². The summed E-state index contributed by atoms with van der Waals surface area (Å²) >= 11 is 0. The molecule has 1 aromatic rings. The number of rotatable bonds is 3. The maximum Gasteiger partial charge on any atom is 0.135 e. The van der Waals surface area contributed by atoms with E-state index in [4.69, 9.17) is 9.47 Å². The van der Waals surface area contributed by atoms with Crippen molar-refractivity contribution in [3.05, 3.63) is 17.1 Å². The van der Waals surface area contributed by atoms with E-state index in [2.05, 4.69) is 28.7 Å². The molecule has 2 rings (SSSR count). The predicted octanol–water partition coefficient (Wildman–Crippen LogP) is 1.64. The van der Waals surface area contributed by atoms with E-state index in [-0.39, 0.29) is 12.2 Å².